The van der Waals surface area contributed by atoms with Crippen LogP contribution >= 0.6 is 0 Å². The third kappa shape index (κ3) is 3.22. The smallest absolute Gasteiger partial charge is 0.0366 e. The average Bonchev–Trinajstić information content (AvgIpc) is 2.55. The first-order valence-corrected chi connectivity index (χ1v) is 6.72. The molecule has 1 aliphatic rings. The van der Waals surface area contributed by atoms with E-state index in [1.807, 2.05) is 0 Å². The normalized spacial score (nSPS) is 18.5. The first-order chi connectivity index (χ1) is 8.16. The molecular weight excluding hydrogens is 208 g/mol. The Morgan fingerprint density at radius 2 is 1.65 bits per heavy atom. The first-order valence-electron chi connectivity index (χ1n) is 6.72. The van der Waals surface area contributed by atoms with E-state index in [4.69, 9.17) is 0 Å². The van der Waals surface area contributed by atoms with Crippen molar-refractivity contribution in [2.45, 2.75) is 33.2 Å². The van der Waals surface area contributed by atoms with Gasteiger partial charge in [0.25, 0.3) is 0 Å². The van der Waals surface area contributed by atoms with Gasteiger partial charge in [0.15, 0.2) is 0 Å². The van der Waals surface area contributed by atoms with Crippen molar-refractivity contribution in [1.82, 2.24) is 4.90 Å². The Balaban J connectivity index is 2.01. The summed E-state index contributed by atoms with van der Waals surface area (Å²) in [6, 6.07) is 9.59. The minimum atomic E-state index is 0.674. The molecule has 2 rings (SSSR count). The van der Waals surface area contributed by atoms with Gasteiger partial charge in [0.05, 0.1) is 0 Å². The highest BCUT2D eigenvalue weighted by Crippen LogP contribution is 2.17. The SMILES string of the molecule is Cc1ccc(N2CCCN(C(C)C)CC2)cc1. The van der Waals surface area contributed by atoms with Gasteiger partial charge in [0.1, 0.15) is 0 Å². The fourth-order valence-electron chi connectivity index (χ4n) is 2.47. The van der Waals surface area contributed by atoms with Gasteiger partial charge in [0, 0.05) is 37.9 Å². The van der Waals surface area contributed by atoms with E-state index in [0.29, 0.717) is 6.04 Å². The monoisotopic (exact) mass is 232 g/mol. The molecule has 0 saturated carbocycles. The minimum absolute atomic E-state index is 0.674. The van der Waals surface area contributed by atoms with Crippen molar-refractivity contribution in [3.8, 4) is 0 Å². The third-order valence-electron chi connectivity index (χ3n) is 3.66. The van der Waals surface area contributed by atoms with Crippen LogP contribution in [0.3, 0.4) is 0 Å². The molecule has 1 aromatic rings. The van der Waals surface area contributed by atoms with E-state index in [0.717, 1.165) is 6.54 Å². The maximum atomic E-state index is 2.58. The van der Waals surface area contributed by atoms with Gasteiger partial charge in [-0.25, -0.2) is 0 Å². The highest BCUT2D eigenvalue weighted by atomic mass is 15.2. The Hall–Kier alpha value is -1.02. The summed E-state index contributed by atoms with van der Waals surface area (Å²) in [4.78, 5) is 5.09. The molecule has 2 heteroatoms. The van der Waals surface area contributed by atoms with Crippen molar-refractivity contribution in [3.05, 3.63) is 29.8 Å². The van der Waals surface area contributed by atoms with E-state index in [2.05, 4.69) is 54.8 Å². The first kappa shape index (κ1) is 12.4. The van der Waals surface area contributed by atoms with Gasteiger partial charge in [0.2, 0.25) is 0 Å². The number of nitrogens with zero attached hydrogens (tertiary/aromatic N) is 2. The number of hydrogen-bond acceptors (Lipinski definition) is 2. The molecule has 0 radical (unpaired) electrons. The van der Waals surface area contributed by atoms with Gasteiger partial charge in [-0.1, -0.05) is 17.7 Å². The second kappa shape index (κ2) is 5.54. The number of hydrogen-bond donors (Lipinski definition) is 0. The quantitative estimate of drug-likeness (QED) is 0.773. The lowest BCUT2D eigenvalue weighted by atomic mass is 10.2. The fraction of sp³-hybridized carbons (Fsp3) is 0.600. The van der Waals surface area contributed by atoms with E-state index in [-0.39, 0.29) is 0 Å². The standard InChI is InChI=1S/C15H24N2/c1-13(2)16-9-4-10-17(12-11-16)15-7-5-14(3)6-8-15/h5-8,13H,4,9-12H2,1-3H3. The van der Waals surface area contributed by atoms with Crippen LogP contribution in [0.4, 0.5) is 5.69 Å². The van der Waals surface area contributed by atoms with Crippen LogP contribution in [0.15, 0.2) is 24.3 Å². The van der Waals surface area contributed by atoms with Gasteiger partial charge in [-0.15, -0.1) is 0 Å². The molecule has 0 aliphatic carbocycles. The second-order valence-electron chi connectivity index (χ2n) is 5.31. The summed E-state index contributed by atoms with van der Waals surface area (Å²) in [5.74, 6) is 0. The molecule has 0 unspecified atom stereocenters. The van der Waals surface area contributed by atoms with Crippen LogP contribution in [0.2, 0.25) is 0 Å². The number of aryl methyl sites for hydroxylation is 1. The van der Waals surface area contributed by atoms with E-state index in [1.165, 1.54) is 37.3 Å². The molecule has 1 heterocycles. The summed E-state index contributed by atoms with van der Waals surface area (Å²) >= 11 is 0. The molecule has 0 amide bonds. The number of benzene rings is 1. The highest BCUT2D eigenvalue weighted by Gasteiger charge is 2.16. The molecule has 0 N–H and O–H groups in total. The molecule has 1 saturated heterocycles. The molecule has 0 atom stereocenters. The molecule has 2 nitrogen and oxygen atoms in total. The van der Waals surface area contributed by atoms with E-state index < -0.39 is 0 Å². The van der Waals surface area contributed by atoms with Crippen molar-refractivity contribution in [2.24, 2.45) is 0 Å². The van der Waals surface area contributed by atoms with Gasteiger partial charge >= 0.3 is 0 Å². The summed E-state index contributed by atoms with van der Waals surface area (Å²) in [6.45, 7) is 11.5. The molecular formula is C15H24N2. The van der Waals surface area contributed by atoms with Gasteiger partial charge < -0.3 is 4.90 Å². The lowest BCUT2D eigenvalue weighted by Gasteiger charge is -2.25. The molecule has 0 bridgehead atoms. The van der Waals surface area contributed by atoms with E-state index in [1.54, 1.807) is 0 Å². The van der Waals surface area contributed by atoms with Gasteiger partial charge in [-0.3, -0.25) is 4.90 Å². The van der Waals surface area contributed by atoms with Crippen LogP contribution in [0.25, 0.3) is 0 Å². The number of rotatable bonds is 2. The number of anilines is 1. The topological polar surface area (TPSA) is 6.48 Å². The Kier molecular flexibility index (Phi) is 4.06. The van der Waals surface area contributed by atoms with Crippen LogP contribution in [-0.4, -0.2) is 37.1 Å². The van der Waals surface area contributed by atoms with Crippen molar-refractivity contribution in [2.75, 3.05) is 31.1 Å². The Labute approximate surface area is 105 Å². The largest absolute Gasteiger partial charge is 0.370 e. The van der Waals surface area contributed by atoms with Gasteiger partial charge in [-0.05, 0) is 39.3 Å². The van der Waals surface area contributed by atoms with Crippen LogP contribution in [0.1, 0.15) is 25.8 Å². The van der Waals surface area contributed by atoms with Crippen molar-refractivity contribution in [1.29, 1.82) is 0 Å². The van der Waals surface area contributed by atoms with Crippen molar-refractivity contribution < 1.29 is 0 Å². The molecule has 17 heavy (non-hydrogen) atoms. The molecule has 1 aromatic carbocycles. The predicted molar refractivity (Wildman–Crippen MR) is 74.7 cm³/mol. The minimum Gasteiger partial charge on any atom is -0.370 e. The van der Waals surface area contributed by atoms with Crippen LogP contribution < -0.4 is 4.90 Å². The maximum Gasteiger partial charge on any atom is 0.0366 e. The van der Waals surface area contributed by atoms with E-state index in [9.17, 15) is 0 Å². The molecule has 1 aliphatic heterocycles. The lowest BCUT2D eigenvalue weighted by molar-refractivity contribution is 0.238. The summed E-state index contributed by atoms with van der Waals surface area (Å²) in [6.07, 6.45) is 1.27. The van der Waals surface area contributed by atoms with Crippen LogP contribution in [0.5, 0.6) is 0 Å². The Morgan fingerprint density at radius 3 is 2.29 bits per heavy atom. The average molecular weight is 232 g/mol. The summed E-state index contributed by atoms with van der Waals surface area (Å²) in [5, 5.41) is 0. The zero-order valence-electron chi connectivity index (χ0n) is 11.3. The maximum absolute atomic E-state index is 2.58. The Bertz CT molecular complexity index is 342. The summed E-state index contributed by atoms with van der Waals surface area (Å²) < 4.78 is 0. The summed E-state index contributed by atoms with van der Waals surface area (Å²) in [5.41, 5.74) is 2.72. The highest BCUT2D eigenvalue weighted by molar-refractivity contribution is 5.47. The zero-order chi connectivity index (χ0) is 12.3. The fourth-order valence-corrected chi connectivity index (χ4v) is 2.47. The van der Waals surface area contributed by atoms with Crippen LogP contribution in [0, 0.1) is 6.92 Å². The Morgan fingerprint density at radius 1 is 0.941 bits per heavy atom. The lowest BCUT2D eigenvalue weighted by Crippen LogP contribution is -2.35. The molecule has 0 spiro atoms. The summed E-state index contributed by atoms with van der Waals surface area (Å²) in [7, 11) is 0. The second-order valence-corrected chi connectivity index (χ2v) is 5.31. The molecule has 0 aromatic heterocycles. The van der Waals surface area contributed by atoms with Gasteiger partial charge in [-0.2, -0.15) is 0 Å². The predicted octanol–water partition coefficient (Wildman–Crippen LogP) is 2.92. The molecule has 1 fully saturated rings. The van der Waals surface area contributed by atoms with E-state index >= 15 is 0 Å². The molecule has 94 valence electrons. The van der Waals surface area contributed by atoms with Crippen molar-refractivity contribution >= 4 is 5.69 Å². The van der Waals surface area contributed by atoms with Crippen LogP contribution in [-0.2, 0) is 0 Å². The van der Waals surface area contributed by atoms with Crippen molar-refractivity contribution in [3.63, 3.8) is 0 Å². The third-order valence-corrected chi connectivity index (χ3v) is 3.66. The zero-order valence-corrected chi connectivity index (χ0v) is 11.3.